The first-order valence-corrected chi connectivity index (χ1v) is 12.3. The summed E-state index contributed by atoms with van der Waals surface area (Å²) in [4.78, 5) is 9.98. The minimum atomic E-state index is 0.209. The first-order valence-electron chi connectivity index (χ1n) is 12.3. The number of hydrogen-bond acceptors (Lipinski definition) is 4. The molecule has 2 heterocycles. The number of fused-ring (bicyclic) bond motifs is 2. The number of pyridine rings is 1. The lowest BCUT2D eigenvalue weighted by molar-refractivity contribution is 0.150. The van der Waals surface area contributed by atoms with E-state index in [4.69, 9.17) is 4.98 Å². The molecule has 4 atom stereocenters. The van der Waals surface area contributed by atoms with E-state index in [9.17, 15) is 5.26 Å². The van der Waals surface area contributed by atoms with E-state index >= 15 is 0 Å². The third kappa shape index (κ3) is 3.49. The van der Waals surface area contributed by atoms with E-state index in [1.807, 2.05) is 6.07 Å². The number of allylic oxidation sites excluding steroid dienone is 6. The van der Waals surface area contributed by atoms with E-state index in [0.717, 1.165) is 31.4 Å². The molecule has 0 radical (unpaired) electrons. The molecule has 1 fully saturated rings. The smallest absolute Gasteiger partial charge is 0.141 e. The zero-order valence-electron chi connectivity index (χ0n) is 19.2. The number of hydrogen-bond donors (Lipinski definition) is 0. The molecule has 1 aliphatic heterocycles. The minimum Gasteiger partial charge on any atom is -0.357 e. The summed E-state index contributed by atoms with van der Waals surface area (Å²) in [5.74, 6) is 0. The Kier molecular flexibility index (Phi) is 5.39. The molecule has 0 N–H and O–H groups in total. The van der Waals surface area contributed by atoms with E-state index < -0.39 is 0 Å². The van der Waals surface area contributed by atoms with E-state index in [0.29, 0.717) is 11.7 Å². The van der Waals surface area contributed by atoms with Gasteiger partial charge in [-0.05, 0) is 56.0 Å². The second kappa shape index (κ2) is 8.83. The lowest BCUT2D eigenvalue weighted by Gasteiger charge is -2.58. The molecule has 4 heteroatoms. The quantitative estimate of drug-likeness (QED) is 0.562. The summed E-state index contributed by atoms with van der Waals surface area (Å²) in [6.07, 6.45) is 22.6. The van der Waals surface area contributed by atoms with Gasteiger partial charge in [-0.25, -0.2) is 4.98 Å². The van der Waals surface area contributed by atoms with Crippen molar-refractivity contribution < 1.29 is 0 Å². The van der Waals surface area contributed by atoms with E-state index in [-0.39, 0.29) is 18.1 Å². The highest BCUT2D eigenvalue weighted by molar-refractivity contribution is 5.70. The van der Waals surface area contributed by atoms with Crippen molar-refractivity contribution in [3.63, 3.8) is 0 Å². The van der Waals surface area contributed by atoms with Crippen molar-refractivity contribution in [2.45, 2.75) is 49.9 Å². The summed E-state index contributed by atoms with van der Waals surface area (Å²) in [5, 5.41) is 9.44. The molecule has 1 aromatic carbocycles. The third-order valence-corrected chi connectivity index (χ3v) is 7.41. The van der Waals surface area contributed by atoms with Crippen molar-refractivity contribution in [1.82, 2.24) is 9.88 Å². The van der Waals surface area contributed by atoms with Crippen LogP contribution in [0.5, 0.6) is 0 Å². The van der Waals surface area contributed by atoms with Crippen LogP contribution in [-0.4, -0.2) is 34.1 Å². The normalized spacial score (nSPS) is 27.4. The zero-order valence-corrected chi connectivity index (χ0v) is 19.2. The second-order valence-corrected chi connectivity index (χ2v) is 9.29. The summed E-state index contributed by atoms with van der Waals surface area (Å²) in [6.45, 7) is 0. The monoisotopic (exact) mass is 444 g/mol. The second-order valence-electron chi connectivity index (χ2n) is 9.29. The molecule has 1 aromatic heterocycles. The van der Waals surface area contributed by atoms with Crippen LogP contribution in [0.15, 0.2) is 103 Å². The van der Waals surface area contributed by atoms with E-state index in [1.165, 1.54) is 17.0 Å². The average molecular weight is 445 g/mol. The number of benzene rings is 1. The third-order valence-electron chi connectivity index (χ3n) is 7.41. The number of nitrogens with zero attached hydrogens (tertiary/aromatic N) is 4. The fourth-order valence-electron chi connectivity index (χ4n) is 6.00. The van der Waals surface area contributed by atoms with Gasteiger partial charge < -0.3 is 9.80 Å². The van der Waals surface area contributed by atoms with Gasteiger partial charge in [-0.15, -0.1) is 0 Å². The highest BCUT2D eigenvalue weighted by Gasteiger charge is 2.47. The zero-order chi connectivity index (χ0) is 22.9. The van der Waals surface area contributed by atoms with Crippen molar-refractivity contribution in [1.29, 1.82) is 5.26 Å². The Morgan fingerprint density at radius 2 is 1.65 bits per heavy atom. The van der Waals surface area contributed by atoms with Gasteiger partial charge in [0.2, 0.25) is 0 Å². The number of piperazine rings is 1. The lowest BCUT2D eigenvalue weighted by atomic mass is 9.82. The fraction of sp³-hybridized carbons (Fsp3) is 0.267. The molecular formula is C30H28N4. The van der Waals surface area contributed by atoms with Crippen LogP contribution in [0.4, 0.5) is 5.69 Å². The molecule has 4 unspecified atom stereocenters. The predicted molar refractivity (Wildman–Crippen MR) is 137 cm³/mol. The molecule has 2 aromatic rings. The Balaban J connectivity index is 1.51. The molecule has 4 nitrogen and oxygen atoms in total. The van der Waals surface area contributed by atoms with E-state index in [1.54, 1.807) is 6.07 Å². The number of nitriles is 1. The van der Waals surface area contributed by atoms with Crippen molar-refractivity contribution >= 4 is 11.3 Å². The first-order chi connectivity index (χ1) is 16.8. The topological polar surface area (TPSA) is 43.2 Å². The van der Waals surface area contributed by atoms with Gasteiger partial charge in [-0.1, -0.05) is 66.8 Å². The standard InChI is InChI=1S/C30H28N4/c31-21-22-11-10-15-25(32-22)24-14-4-5-16-26(24)34-29-19-8-6-17-27(29)33(23-12-2-1-3-13-23)28-18-7-9-20-30(28)34/h1-3,5-6,8-13,15-17,19-20,27-30H,4,7,14,18H2. The van der Waals surface area contributed by atoms with Gasteiger partial charge in [0.05, 0.1) is 29.9 Å². The van der Waals surface area contributed by atoms with Crippen LogP contribution >= 0.6 is 0 Å². The predicted octanol–water partition coefficient (Wildman–Crippen LogP) is 5.79. The Morgan fingerprint density at radius 1 is 0.824 bits per heavy atom. The molecule has 3 aliphatic carbocycles. The summed E-state index contributed by atoms with van der Waals surface area (Å²) in [7, 11) is 0. The van der Waals surface area contributed by atoms with Crippen molar-refractivity contribution in [3.05, 3.63) is 114 Å². The molecule has 0 spiro atoms. The van der Waals surface area contributed by atoms with Gasteiger partial charge in [0.15, 0.2) is 0 Å². The van der Waals surface area contributed by atoms with Crippen LogP contribution in [0, 0.1) is 11.3 Å². The number of anilines is 1. The van der Waals surface area contributed by atoms with E-state index in [2.05, 4.69) is 101 Å². The Hall–Kier alpha value is -3.84. The number of aromatic nitrogens is 1. The molecule has 168 valence electrons. The van der Waals surface area contributed by atoms with Gasteiger partial charge in [0.1, 0.15) is 11.8 Å². The van der Waals surface area contributed by atoms with Crippen molar-refractivity contribution in [2.24, 2.45) is 0 Å². The fourth-order valence-corrected chi connectivity index (χ4v) is 6.00. The average Bonchev–Trinajstić information content (AvgIpc) is 2.92. The van der Waals surface area contributed by atoms with Crippen molar-refractivity contribution in [3.8, 4) is 6.07 Å². The summed E-state index contributed by atoms with van der Waals surface area (Å²) in [6, 6.07) is 20.0. The molecule has 4 aliphatic rings. The van der Waals surface area contributed by atoms with Crippen LogP contribution in [0.2, 0.25) is 0 Å². The van der Waals surface area contributed by atoms with Gasteiger partial charge in [0.25, 0.3) is 0 Å². The first kappa shape index (κ1) is 20.7. The minimum absolute atomic E-state index is 0.209. The Morgan fingerprint density at radius 3 is 2.47 bits per heavy atom. The Labute approximate surface area is 201 Å². The van der Waals surface area contributed by atoms with Crippen LogP contribution in [-0.2, 0) is 0 Å². The molecule has 34 heavy (non-hydrogen) atoms. The maximum Gasteiger partial charge on any atom is 0.141 e. The summed E-state index contributed by atoms with van der Waals surface area (Å²) < 4.78 is 0. The van der Waals surface area contributed by atoms with Gasteiger partial charge in [-0.2, -0.15) is 5.26 Å². The molecule has 0 bridgehead atoms. The van der Waals surface area contributed by atoms with Crippen LogP contribution < -0.4 is 4.90 Å². The van der Waals surface area contributed by atoms with Gasteiger partial charge >= 0.3 is 0 Å². The molecule has 6 rings (SSSR count). The molecule has 0 saturated carbocycles. The van der Waals surface area contributed by atoms with Crippen molar-refractivity contribution in [2.75, 3.05) is 4.90 Å². The van der Waals surface area contributed by atoms with Crippen LogP contribution in [0.25, 0.3) is 5.57 Å². The highest BCUT2D eigenvalue weighted by atomic mass is 15.4. The van der Waals surface area contributed by atoms with Gasteiger partial charge in [0, 0.05) is 17.0 Å². The largest absolute Gasteiger partial charge is 0.357 e. The highest BCUT2D eigenvalue weighted by Crippen LogP contribution is 2.43. The number of para-hydroxylation sites is 1. The molecular weight excluding hydrogens is 416 g/mol. The maximum atomic E-state index is 9.44. The summed E-state index contributed by atoms with van der Waals surface area (Å²) >= 11 is 0. The van der Waals surface area contributed by atoms with Crippen LogP contribution in [0.1, 0.15) is 37.1 Å². The van der Waals surface area contributed by atoms with Crippen LogP contribution in [0.3, 0.4) is 0 Å². The Bertz CT molecular complexity index is 1260. The maximum absolute atomic E-state index is 9.44. The SMILES string of the molecule is N#Cc1cccc(C2=C(N3C4C=CC=CC4N(c4ccccc4)C4CCC=CC43)C=CCC2)n1. The number of rotatable bonds is 3. The van der Waals surface area contributed by atoms with Gasteiger partial charge in [-0.3, -0.25) is 0 Å². The molecule has 1 saturated heterocycles. The summed E-state index contributed by atoms with van der Waals surface area (Å²) in [5.41, 5.74) is 5.18. The molecule has 0 amide bonds. The lowest BCUT2D eigenvalue weighted by Crippen LogP contribution is -2.67.